The minimum atomic E-state index is -0.578. The molecule has 3 aromatic heterocycles. The van der Waals surface area contributed by atoms with Gasteiger partial charge in [-0.15, -0.1) is 0 Å². The van der Waals surface area contributed by atoms with Crippen LogP contribution < -0.4 is 15.8 Å². The number of amides is 1. The predicted molar refractivity (Wildman–Crippen MR) is 129 cm³/mol. The largest absolute Gasteiger partial charge is 0.439 e. The third-order valence-electron chi connectivity index (χ3n) is 5.54. The molecule has 0 spiro atoms. The summed E-state index contributed by atoms with van der Waals surface area (Å²) in [7, 11) is 0. The molecule has 0 fully saturated rings. The summed E-state index contributed by atoms with van der Waals surface area (Å²) in [6.45, 7) is 5.54. The smallest absolute Gasteiger partial charge is 0.420 e. The lowest BCUT2D eigenvalue weighted by Gasteiger charge is -2.10. The fraction of sp³-hybridized carbons (Fsp3) is 0.160. The highest BCUT2D eigenvalue weighted by molar-refractivity contribution is 5.91. The number of aryl methyl sites for hydroxylation is 2. The van der Waals surface area contributed by atoms with Gasteiger partial charge in [0.1, 0.15) is 30.3 Å². The Morgan fingerprint density at radius 1 is 1.06 bits per heavy atom. The molecule has 3 heterocycles. The number of imidazole rings is 1. The Hall–Kier alpha value is -4.73. The van der Waals surface area contributed by atoms with Crippen molar-refractivity contribution >= 4 is 22.7 Å². The molecule has 0 radical (unpaired) electrons. The van der Waals surface area contributed by atoms with Gasteiger partial charge in [0.25, 0.3) is 0 Å². The van der Waals surface area contributed by atoms with E-state index in [2.05, 4.69) is 20.3 Å². The highest BCUT2D eigenvalue weighted by atomic mass is 16.5. The fourth-order valence-corrected chi connectivity index (χ4v) is 3.67. The van der Waals surface area contributed by atoms with Gasteiger partial charge in [-0.1, -0.05) is 12.1 Å². The Bertz CT molecular complexity index is 1600. The van der Waals surface area contributed by atoms with E-state index in [9.17, 15) is 9.59 Å². The van der Waals surface area contributed by atoms with Crippen molar-refractivity contribution in [2.75, 3.05) is 5.32 Å². The summed E-state index contributed by atoms with van der Waals surface area (Å²) in [4.78, 5) is 37.8. The van der Waals surface area contributed by atoms with Crippen molar-refractivity contribution in [3.8, 4) is 17.4 Å². The van der Waals surface area contributed by atoms with Gasteiger partial charge in [0, 0.05) is 17.4 Å². The lowest BCUT2D eigenvalue weighted by molar-refractivity contribution is -0.116. The summed E-state index contributed by atoms with van der Waals surface area (Å²) in [5.74, 6) is 1.23. The molecule has 0 atom stereocenters. The van der Waals surface area contributed by atoms with Gasteiger partial charge < -0.3 is 14.5 Å². The number of hydrogen-bond donors (Lipinski definition) is 1. The van der Waals surface area contributed by atoms with E-state index in [0.717, 1.165) is 11.4 Å². The summed E-state index contributed by atoms with van der Waals surface area (Å²) >= 11 is 0. The van der Waals surface area contributed by atoms with E-state index < -0.39 is 5.76 Å². The number of nitrogens with one attached hydrogen (secondary N) is 1. The molecule has 0 saturated heterocycles. The van der Waals surface area contributed by atoms with Crippen molar-refractivity contribution in [3.05, 3.63) is 88.7 Å². The minimum Gasteiger partial charge on any atom is -0.439 e. The quantitative estimate of drug-likeness (QED) is 0.400. The molecule has 0 aliphatic carbocycles. The van der Waals surface area contributed by atoms with E-state index in [1.807, 2.05) is 18.4 Å². The number of oxazole rings is 1. The number of benzene rings is 2. The first kappa shape index (κ1) is 22.1. The first-order valence-electron chi connectivity index (χ1n) is 10.9. The monoisotopic (exact) mass is 470 g/mol. The molecule has 35 heavy (non-hydrogen) atoms. The number of ether oxygens (including phenoxy) is 1. The molecule has 2 aromatic carbocycles. The van der Waals surface area contributed by atoms with Gasteiger partial charge in [-0.05, 0) is 57.2 Å². The molecule has 1 amide bonds. The van der Waals surface area contributed by atoms with Gasteiger partial charge in [-0.25, -0.2) is 14.8 Å². The Labute approximate surface area is 199 Å². The molecule has 0 aliphatic rings. The maximum atomic E-state index is 12.5. The van der Waals surface area contributed by atoms with Crippen molar-refractivity contribution in [1.29, 1.82) is 0 Å². The summed E-state index contributed by atoms with van der Waals surface area (Å²) in [6, 6.07) is 15.6. The zero-order chi connectivity index (χ0) is 24.5. The molecule has 10 nitrogen and oxygen atoms in total. The topological polar surface area (TPSA) is 117 Å². The average Bonchev–Trinajstić information content (AvgIpc) is 3.33. The van der Waals surface area contributed by atoms with E-state index in [1.165, 1.54) is 4.57 Å². The number of nitrogens with zero attached hydrogens (tertiary/aromatic N) is 5. The van der Waals surface area contributed by atoms with Crippen molar-refractivity contribution in [2.45, 2.75) is 27.3 Å². The van der Waals surface area contributed by atoms with Gasteiger partial charge in [-0.3, -0.25) is 13.9 Å². The Balaban J connectivity index is 1.28. The second-order valence-electron chi connectivity index (χ2n) is 7.99. The molecule has 0 saturated carbocycles. The minimum absolute atomic E-state index is 0.162. The second kappa shape index (κ2) is 8.90. The number of carbonyl (C=O) groups excluding carboxylic acids is 1. The molecule has 10 heteroatoms. The standard InChI is InChI=1S/C25H22N6O4/c1-15-16(2)31(14-26-15)22-12-24(28-17(3)27-22)34-19-10-8-18(9-11-19)29-23(32)13-30-20-6-4-5-7-21(20)35-25(30)33/h4-12,14H,13H2,1-3H3,(H,29,32). The first-order valence-corrected chi connectivity index (χ1v) is 10.9. The molecule has 176 valence electrons. The zero-order valence-corrected chi connectivity index (χ0v) is 19.3. The highest BCUT2D eigenvalue weighted by Crippen LogP contribution is 2.24. The van der Waals surface area contributed by atoms with Crippen LogP contribution in [0.2, 0.25) is 0 Å². The van der Waals surface area contributed by atoms with Gasteiger partial charge in [0.2, 0.25) is 11.8 Å². The van der Waals surface area contributed by atoms with E-state index in [4.69, 9.17) is 9.15 Å². The van der Waals surface area contributed by atoms with Crippen LogP contribution >= 0.6 is 0 Å². The van der Waals surface area contributed by atoms with Crippen LogP contribution in [-0.2, 0) is 11.3 Å². The third kappa shape index (κ3) is 4.54. The fourth-order valence-electron chi connectivity index (χ4n) is 3.67. The second-order valence-corrected chi connectivity index (χ2v) is 7.99. The lowest BCUT2D eigenvalue weighted by Crippen LogP contribution is -2.24. The normalized spacial score (nSPS) is 11.1. The van der Waals surface area contributed by atoms with Crippen molar-refractivity contribution in [3.63, 3.8) is 0 Å². The number of anilines is 1. The summed E-state index contributed by atoms with van der Waals surface area (Å²) in [5, 5.41) is 2.78. The van der Waals surface area contributed by atoms with Crippen LogP contribution in [0.4, 0.5) is 5.69 Å². The van der Waals surface area contributed by atoms with Crippen LogP contribution in [0.25, 0.3) is 16.9 Å². The average molecular weight is 470 g/mol. The van der Waals surface area contributed by atoms with Gasteiger partial charge >= 0.3 is 5.76 Å². The maximum absolute atomic E-state index is 12.5. The molecule has 5 rings (SSSR count). The summed E-state index contributed by atoms with van der Waals surface area (Å²) in [5.41, 5.74) is 3.48. The number of carbonyl (C=O) groups is 1. The van der Waals surface area contributed by atoms with Gasteiger partial charge in [-0.2, -0.15) is 4.98 Å². The number of rotatable bonds is 6. The molecule has 0 aliphatic heterocycles. The predicted octanol–water partition coefficient (Wildman–Crippen LogP) is 3.93. The van der Waals surface area contributed by atoms with Crippen molar-refractivity contribution in [1.82, 2.24) is 24.1 Å². The summed E-state index contributed by atoms with van der Waals surface area (Å²) in [6.07, 6.45) is 1.72. The van der Waals surface area contributed by atoms with Crippen LogP contribution in [0, 0.1) is 20.8 Å². The Morgan fingerprint density at radius 3 is 2.57 bits per heavy atom. The number of fused-ring (bicyclic) bond motifs is 1. The van der Waals surface area contributed by atoms with Crippen molar-refractivity contribution < 1.29 is 13.9 Å². The molecular weight excluding hydrogens is 448 g/mol. The SMILES string of the molecule is Cc1nc(Oc2ccc(NC(=O)Cn3c(=O)oc4ccccc43)cc2)cc(-n2cnc(C)c2C)n1. The van der Waals surface area contributed by atoms with Crippen LogP contribution in [0.3, 0.4) is 0 Å². The molecule has 0 bridgehead atoms. The molecule has 1 N–H and O–H groups in total. The van der Waals surface area contributed by atoms with Gasteiger partial charge in [0.05, 0.1) is 11.2 Å². The van der Waals surface area contributed by atoms with Crippen LogP contribution in [-0.4, -0.2) is 30.0 Å². The lowest BCUT2D eigenvalue weighted by atomic mass is 10.3. The van der Waals surface area contributed by atoms with Crippen LogP contribution in [0.15, 0.2) is 70.1 Å². The van der Waals surface area contributed by atoms with Gasteiger partial charge in [0.15, 0.2) is 5.58 Å². The van der Waals surface area contributed by atoms with Crippen LogP contribution in [0.1, 0.15) is 17.2 Å². The first-order chi connectivity index (χ1) is 16.9. The molecular formula is C25H22N6O4. The zero-order valence-electron chi connectivity index (χ0n) is 19.3. The van der Waals surface area contributed by atoms with Crippen LogP contribution in [0.5, 0.6) is 11.6 Å². The summed E-state index contributed by atoms with van der Waals surface area (Å²) < 4.78 is 14.3. The van der Waals surface area contributed by atoms with Crippen molar-refractivity contribution in [2.24, 2.45) is 0 Å². The van der Waals surface area contributed by atoms with E-state index in [1.54, 1.807) is 67.8 Å². The third-order valence-corrected chi connectivity index (χ3v) is 5.54. The highest BCUT2D eigenvalue weighted by Gasteiger charge is 2.13. The maximum Gasteiger partial charge on any atom is 0.420 e. The molecule has 0 unspecified atom stereocenters. The van der Waals surface area contributed by atoms with E-state index in [0.29, 0.717) is 40.1 Å². The number of aromatic nitrogens is 5. The Kier molecular flexibility index (Phi) is 5.61. The number of para-hydroxylation sites is 2. The van der Waals surface area contributed by atoms with E-state index in [-0.39, 0.29) is 12.5 Å². The van der Waals surface area contributed by atoms with E-state index >= 15 is 0 Å². The number of hydrogen-bond acceptors (Lipinski definition) is 7. The Morgan fingerprint density at radius 2 is 1.83 bits per heavy atom. The molecule has 5 aromatic rings.